The van der Waals surface area contributed by atoms with Crippen molar-refractivity contribution < 1.29 is 14.3 Å². The summed E-state index contributed by atoms with van der Waals surface area (Å²) in [5, 5.41) is 8.98. The number of anilines is 3. The molecule has 1 aromatic heterocycles. The van der Waals surface area contributed by atoms with Crippen LogP contribution in [0.4, 0.5) is 17.2 Å². The Bertz CT molecular complexity index is 960. The van der Waals surface area contributed by atoms with Crippen LogP contribution in [0.3, 0.4) is 0 Å². The SMILES string of the molecule is CCNc1ccc(OCC(=O)NCCCN)cc1N(CC)CCNC(=O)c1nc(Cl)cnc1N. The topological polar surface area (TPSA) is 161 Å². The first kappa shape index (κ1) is 26.9. The van der Waals surface area contributed by atoms with Gasteiger partial charge in [0, 0.05) is 38.8 Å². The van der Waals surface area contributed by atoms with Crippen LogP contribution in [0.15, 0.2) is 24.4 Å². The van der Waals surface area contributed by atoms with Crippen LogP contribution in [0.1, 0.15) is 30.8 Å². The highest BCUT2D eigenvalue weighted by atomic mass is 35.5. The summed E-state index contributed by atoms with van der Waals surface area (Å²) in [6, 6.07) is 5.59. The minimum Gasteiger partial charge on any atom is -0.484 e. The molecule has 0 aliphatic heterocycles. The summed E-state index contributed by atoms with van der Waals surface area (Å²) in [4.78, 5) is 34.3. The Balaban J connectivity index is 2.04. The summed E-state index contributed by atoms with van der Waals surface area (Å²) < 4.78 is 5.68. The van der Waals surface area contributed by atoms with Gasteiger partial charge in [0.05, 0.1) is 17.6 Å². The Morgan fingerprint density at radius 1 is 1.21 bits per heavy atom. The van der Waals surface area contributed by atoms with Gasteiger partial charge in [0.15, 0.2) is 18.1 Å². The lowest BCUT2D eigenvalue weighted by Gasteiger charge is -2.26. The first-order chi connectivity index (χ1) is 16.4. The molecule has 34 heavy (non-hydrogen) atoms. The number of nitrogen functional groups attached to an aromatic ring is 1. The number of ether oxygens (including phenoxy) is 1. The smallest absolute Gasteiger partial charge is 0.273 e. The van der Waals surface area contributed by atoms with Crippen LogP contribution in [-0.2, 0) is 4.79 Å². The van der Waals surface area contributed by atoms with Gasteiger partial charge in [0.2, 0.25) is 0 Å². The van der Waals surface area contributed by atoms with Crippen molar-refractivity contribution in [2.45, 2.75) is 20.3 Å². The van der Waals surface area contributed by atoms with E-state index in [2.05, 4.69) is 30.8 Å². The first-order valence-electron chi connectivity index (χ1n) is 11.2. The number of benzene rings is 1. The molecular formula is C22H33ClN8O3. The Hall–Kier alpha value is -3.31. The van der Waals surface area contributed by atoms with Gasteiger partial charge in [0.1, 0.15) is 10.9 Å². The van der Waals surface area contributed by atoms with Crippen molar-refractivity contribution >= 4 is 40.6 Å². The average molecular weight is 493 g/mol. The summed E-state index contributed by atoms with van der Waals surface area (Å²) in [5.41, 5.74) is 13.0. The Labute approximate surface area is 204 Å². The molecule has 1 heterocycles. The lowest BCUT2D eigenvalue weighted by molar-refractivity contribution is -0.123. The first-order valence-corrected chi connectivity index (χ1v) is 11.6. The number of rotatable bonds is 14. The number of nitrogens with zero attached hydrogens (tertiary/aromatic N) is 3. The molecule has 0 fully saturated rings. The van der Waals surface area contributed by atoms with Crippen molar-refractivity contribution in [1.82, 2.24) is 20.6 Å². The van der Waals surface area contributed by atoms with Crippen LogP contribution in [0, 0.1) is 0 Å². The number of amides is 2. The van der Waals surface area contributed by atoms with Crippen molar-refractivity contribution in [2.24, 2.45) is 5.73 Å². The van der Waals surface area contributed by atoms with Crippen molar-refractivity contribution in [3.8, 4) is 5.75 Å². The maximum Gasteiger partial charge on any atom is 0.273 e. The van der Waals surface area contributed by atoms with E-state index in [1.165, 1.54) is 6.20 Å². The normalized spacial score (nSPS) is 10.5. The predicted molar refractivity (Wildman–Crippen MR) is 134 cm³/mol. The zero-order valence-corrected chi connectivity index (χ0v) is 20.3. The molecule has 0 atom stereocenters. The molecule has 0 aliphatic carbocycles. The summed E-state index contributed by atoms with van der Waals surface area (Å²) in [6.07, 6.45) is 2.00. The van der Waals surface area contributed by atoms with E-state index >= 15 is 0 Å². The molecule has 12 heteroatoms. The summed E-state index contributed by atoms with van der Waals surface area (Å²) in [6.45, 7) is 7.22. The molecule has 0 bridgehead atoms. The second-order valence-electron chi connectivity index (χ2n) is 7.25. The van der Waals surface area contributed by atoms with Crippen molar-refractivity contribution in [3.05, 3.63) is 35.2 Å². The Morgan fingerprint density at radius 2 is 2.00 bits per heavy atom. The fraction of sp³-hybridized carbons (Fsp3) is 0.455. The van der Waals surface area contributed by atoms with Crippen molar-refractivity contribution in [3.63, 3.8) is 0 Å². The van der Waals surface area contributed by atoms with Crippen molar-refractivity contribution in [1.29, 1.82) is 0 Å². The summed E-state index contributed by atoms with van der Waals surface area (Å²) in [5.74, 6) is -0.0759. The average Bonchev–Trinajstić information content (AvgIpc) is 2.83. The largest absolute Gasteiger partial charge is 0.484 e. The molecule has 11 nitrogen and oxygen atoms in total. The van der Waals surface area contributed by atoms with E-state index in [1.807, 2.05) is 32.0 Å². The number of carbonyl (C=O) groups excluding carboxylic acids is 2. The quantitative estimate of drug-likeness (QED) is 0.244. The van der Waals surface area contributed by atoms with E-state index in [-0.39, 0.29) is 29.2 Å². The molecule has 186 valence electrons. The molecule has 2 rings (SSSR count). The highest BCUT2D eigenvalue weighted by molar-refractivity contribution is 6.29. The molecule has 0 spiro atoms. The third kappa shape index (κ3) is 8.23. The van der Waals surface area contributed by atoms with Crippen LogP contribution in [0.2, 0.25) is 5.15 Å². The second-order valence-corrected chi connectivity index (χ2v) is 7.64. The van der Waals surface area contributed by atoms with Gasteiger partial charge in [-0.3, -0.25) is 9.59 Å². The van der Waals surface area contributed by atoms with E-state index in [0.717, 1.165) is 17.9 Å². The van der Waals surface area contributed by atoms with Gasteiger partial charge in [-0.1, -0.05) is 11.6 Å². The number of hydrogen-bond donors (Lipinski definition) is 5. The van der Waals surface area contributed by atoms with Gasteiger partial charge in [-0.05, 0) is 38.9 Å². The minimum absolute atomic E-state index is 0.0102. The zero-order chi connectivity index (χ0) is 24.9. The van der Waals surface area contributed by atoms with Gasteiger partial charge >= 0.3 is 0 Å². The molecule has 2 amide bonds. The third-order valence-electron chi connectivity index (χ3n) is 4.79. The summed E-state index contributed by atoms with van der Waals surface area (Å²) in [7, 11) is 0. The molecule has 1 aromatic carbocycles. The van der Waals surface area contributed by atoms with E-state index in [0.29, 0.717) is 44.9 Å². The number of aromatic nitrogens is 2. The number of halogens is 1. The number of likely N-dealkylation sites (N-methyl/N-ethyl adjacent to an activating group) is 1. The Morgan fingerprint density at radius 3 is 2.71 bits per heavy atom. The monoisotopic (exact) mass is 492 g/mol. The van der Waals surface area contributed by atoms with E-state index < -0.39 is 5.91 Å². The van der Waals surface area contributed by atoms with E-state index in [9.17, 15) is 9.59 Å². The molecule has 0 aliphatic rings. The number of nitrogens with two attached hydrogens (primary N) is 2. The highest BCUT2D eigenvalue weighted by Gasteiger charge is 2.16. The molecule has 2 aromatic rings. The fourth-order valence-electron chi connectivity index (χ4n) is 3.11. The molecule has 0 saturated carbocycles. The van der Waals surface area contributed by atoms with Gasteiger partial charge in [-0.2, -0.15) is 0 Å². The second kappa shape index (κ2) is 14.1. The maximum absolute atomic E-state index is 12.4. The van der Waals surface area contributed by atoms with Crippen LogP contribution >= 0.6 is 11.6 Å². The fourth-order valence-corrected chi connectivity index (χ4v) is 3.25. The van der Waals surface area contributed by atoms with Gasteiger partial charge in [-0.25, -0.2) is 9.97 Å². The minimum atomic E-state index is -0.451. The number of carbonyl (C=O) groups is 2. The van der Waals surface area contributed by atoms with Crippen LogP contribution in [0.5, 0.6) is 5.75 Å². The summed E-state index contributed by atoms with van der Waals surface area (Å²) >= 11 is 5.82. The third-order valence-corrected chi connectivity index (χ3v) is 4.97. The molecule has 0 radical (unpaired) electrons. The predicted octanol–water partition coefficient (Wildman–Crippen LogP) is 1.24. The number of nitrogens with one attached hydrogen (secondary N) is 3. The molecule has 7 N–H and O–H groups in total. The highest BCUT2D eigenvalue weighted by Crippen LogP contribution is 2.30. The van der Waals surface area contributed by atoms with Crippen molar-refractivity contribution in [2.75, 3.05) is 61.8 Å². The van der Waals surface area contributed by atoms with Crippen LogP contribution < -0.4 is 37.1 Å². The standard InChI is InChI=1S/C22H33ClN8O3/c1-3-26-16-7-6-15(34-14-19(32)27-9-5-8-24)12-17(16)31(4-2)11-10-28-22(33)20-21(25)29-13-18(23)30-20/h6-7,12-13,26H,3-5,8-11,14,24H2,1-2H3,(H2,25,29)(H,27,32)(H,28,33). The van der Waals surface area contributed by atoms with E-state index in [4.69, 9.17) is 27.8 Å². The molecular weight excluding hydrogens is 460 g/mol. The van der Waals surface area contributed by atoms with Crippen LogP contribution in [-0.4, -0.2) is 67.7 Å². The van der Waals surface area contributed by atoms with E-state index in [1.54, 1.807) is 0 Å². The van der Waals surface area contributed by atoms with Crippen LogP contribution in [0.25, 0.3) is 0 Å². The lowest BCUT2D eigenvalue weighted by atomic mass is 10.2. The van der Waals surface area contributed by atoms with Gasteiger partial charge < -0.3 is 37.1 Å². The maximum atomic E-state index is 12.4. The lowest BCUT2D eigenvalue weighted by Crippen LogP contribution is -2.36. The number of hydrogen-bond acceptors (Lipinski definition) is 9. The van der Waals surface area contributed by atoms with Gasteiger partial charge in [-0.15, -0.1) is 0 Å². The van der Waals surface area contributed by atoms with Gasteiger partial charge in [0.25, 0.3) is 11.8 Å². The zero-order valence-electron chi connectivity index (χ0n) is 19.6. The molecule has 0 unspecified atom stereocenters. The molecule has 0 saturated heterocycles. The Kier molecular flexibility index (Phi) is 11.1.